The molecule has 11 heteroatoms. The highest BCUT2D eigenvalue weighted by Crippen LogP contribution is 2.05. The Bertz CT molecular complexity index is 488. The molecule has 8 N–H and O–H groups in total. The van der Waals surface area contributed by atoms with Gasteiger partial charge < -0.3 is 32.3 Å². The number of carboxylic acid groups (broad SMARTS) is 1. The van der Waals surface area contributed by atoms with E-state index >= 15 is 0 Å². The van der Waals surface area contributed by atoms with Crippen LogP contribution in [0, 0.1) is 0 Å². The number of carbonyl (C=O) groups is 4. The number of nitrogens with two attached hydrogens (primary N) is 2. The second kappa shape index (κ2) is 11.7. The molecular weight excluding hydrogens is 352 g/mol. The number of aliphatic hydroxyl groups is 1. The third-order valence-electron chi connectivity index (χ3n) is 3.36. The van der Waals surface area contributed by atoms with Crippen LogP contribution in [-0.2, 0) is 19.2 Å². The summed E-state index contributed by atoms with van der Waals surface area (Å²) >= 11 is 1.44. The number of carboxylic acids is 1. The van der Waals surface area contributed by atoms with Crippen molar-refractivity contribution in [2.24, 2.45) is 11.5 Å². The van der Waals surface area contributed by atoms with E-state index < -0.39 is 47.9 Å². The lowest BCUT2D eigenvalue weighted by atomic mass is 10.1. The summed E-state index contributed by atoms with van der Waals surface area (Å²) in [6.07, 6.45) is 0.587. The maximum atomic E-state index is 12.3. The van der Waals surface area contributed by atoms with Crippen LogP contribution in [0.5, 0.6) is 0 Å². The van der Waals surface area contributed by atoms with Crippen LogP contribution in [0.1, 0.15) is 26.2 Å². The molecule has 0 unspecified atom stereocenters. The number of primary amides is 1. The summed E-state index contributed by atoms with van der Waals surface area (Å²) < 4.78 is 0. The van der Waals surface area contributed by atoms with Gasteiger partial charge in [0.2, 0.25) is 17.7 Å². The van der Waals surface area contributed by atoms with Crippen molar-refractivity contribution >= 4 is 35.5 Å². The van der Waals surface area contributed by atoms with Crippen LogP contribution in [0.25, 0.3) is 0 Å². The normalized spacial score (nSPS) is 15.5. The maximum absolute atomic E-state index is 12.3. The van der Waals surface area contributed by atoms with E-state index in [-0.39, 0.29) is 19.3 Å². The van der Waals surface area contributed by atoms with Gasteiger partial charge in [0.15, 0.2) is 0 Å². The minimum atomic E-state index is -1.31. The number of hydrogen-bond donors (Lipinski definition) is 6. The minimum absolute atomic E-state index is 0.160. The fourth-order valence-electron chi connectivity index (χ4n) is 1.81. The van der Waals surface area contributed by atoms with Crippen molar-refractivity contribution in [3.05, 3.63) is 0 Å². The first-order valence-corrected chi connectivity index (χ1v) is 9.04. The lowest BCUT2D eigenvalue weighted by Crippen LogP contribution is -2.56. The van der Waals surface area contributed by atoms with E-state index in [2.05, 4.69) is 10.6 Å². The van der Waals surface area contributed by atoms with Gasteiger partial charge in [-0.25, -0.2) is 4.79 Å². The zero-order chi connectivity index (χ0) is 19.6. The molecule has 0 bridgehead atoms. The second-order valence-corrected chi connectivity index (χ2v) is 6.50. The Kier molecular flexibility index (Phi) is 10.8. The van der Waals surface area contributed by atoms with Crippen molar-refractivity contribution in [3.8, 4) is 0 Å². The van der Waals surface area contributed by atoms with Gasteiger partial charge >= 0.3 is 5.97 Å². The van der Waals surface area contributed by atoms with Crippen molar-refractivity contribution in [1.82, 2.24) is 10.6 Å². The Hall–Kier alpha value is -1.85. The van der Waals surface area contributed by atoms with Crippen molar-refractivity contribution in [2.45, 2.75) is 50.4 Å². The van der Waals surface area contributed by atoms with E-state index in [0.29, 0.717) is 5.75 Å². The molecule has 25 heavy (non-hydrogen) atoms. The minimum Gasteiger partial charge on any atom is -0.480 e. The Morgan fingerprint density at radius 1 is 1.08 bits per heavy atom. The summed E-state index contributed by atoms with van der Waals surface area (Å²) in [5.41, 5.74) is 10.5. The van der Waals surface area contributed by atoms with E-state index in [4.69, 9.17) is 16.6 Å². The fraction of sp³-hybridized carbons (Fsp3) is 0.714. The molecule has 0 saturated heterocycles. The SMILES string of the molecule is CSCC[C@H](NC(=O)[C@@H](N)[C@@H](C)O)C(=O)N[C@@H](CCC(N)=O)C(=O)O. The van der Waals surface area contributed by atoms with Gasteiger partial charge in [-0.15, -0.1) is 0 Å². The standard InChI is InChI=1S/C14H26N4O6S/c1-7(19)11(16)13(22)17-8(5-6-25-2)12(21)18-9(14(23)24)3-4-10(15)20/h7-9,11,19H,3-6,16H2,1-2H3,(H2,15,20)(H,17,22)(H,18,21)(H,23,24)/t7-,8+,9+,11+/m1/s1. The molecule has 0 aromatic rings. The van der Waals surface area contributed by atoms with Crippen molar-refractivity contribution < 1.29 is 29.4 Å². The van der Waals surface area contributed by atoms with Crippen LogP contribution in [0.2, 0.25) is 0 Å². The lowest BCUT2D eigenvalue weighted by molar-refractivity contribution is -0.142. The van der Waals surface area contributed by atoms with Gasteiger partial charge in [-0.2, -0.15) is 11.8 Å². The smallest absolute Gasteiger partial charge is 0.326 e. The number of rotatable bonds is 12. The van der Waals surface area contributed by atoms with Crippen LogP contribution in [0.3, 0.4) is 0 Å². The molecule has 0 aliphatic heterocycles. The van der Waals surface area contributed by atoms with Crippen molar-refractivity contribution in [3.63, 3.8) is 0 Å². The predicted molar refractivity (Wildman–Crippen MR) is 92.6 cm³/mol. The molecule has 0 fully saturated rings. The quantitative estimate of drug-likeness (QED) is 0.220. The Balaban J connectivity index is 4.98. The third-order valence-corrected chi connectivity index (χ3v) is 4.00. The van der Waals surface area contributed by atoms with Crippen molar-refractivity contribution in [1.29, 1.82) is 0 Å². The lowest BCUT2D eigenvalue weighted by Gasteiger charge is -2.23. The maximum Gasteiger partial charge on any atom is 0.326 e. The van der Waals surface area contributed by atoms with Gasteiger partial charge in [0.05, 0.1) is 6.10 Å². The number of carbonyl (C=O) groups excluding carboxylic acids is 3. The van der Waals surface area contributed by atoms with Gasteiger partial charge in [-0.3, -0.25) is 14.4 Å². The number of thioether (sulfide) groups is 1. The summed E-state index contributed by atoms with van der Waals surface area (Å²) in [7, 11) is 0. The molecule has 0 aliphatic carbocycles. The highest BCUT2D eigenvalue weighted by Gasteiger charge is 2.28. The molecule has 0 rings (SSSR count). The highest BCUT2D eigenvalue weighted by molar-refractivity contribution is 7.98. The fourth-order valence-corrected chi connectivity index (χ4v) is 2.28. The first-order chi connectivity index (χ1) is 11.6. The molecule has 0 spiro atoms. The van der Waals surface area contributed by atoms with Crippen LogP contribution in [0.4, 0.5) is 0 Å². The van der Waals surface area contributed by atoms with Gasteiger partial charge in [0.1, 0.15) is 18.1 Å². The first kappa shape index (κ1) is 23.1. The van der Waals surface area contributed by atoms with E-state index in [0.717, 1.165) is 0 Å². The summed E-state index contributed by atoms with van der Waals surface area (Å²) in [4.78, 5) is 46.2. The van der Waals surface area contributed by atoms with E-state index in [9.17, 15) is 24.3 Å². The van der Waals surface area contributed by atoms with Gasteiger partial charge in [-0.1, -0.05) is 0 Å². The molecule has 3 amide bonds. The summed E-state index contributed by atoms with van der Waals surface area (Å²) in [6, 6.07) is -3.53. The molecule has 0 saturated carbocycles. The Morgan fingerprint density at radius 2 is 1.64 bits per heavy atom. The Labute approximate surface area is 150 Å². The van der Waals surface area contributed by atoms with Crippen LogP contribution in [0.15, 0.2) is 0 Å². The van der Waals surface area contributed by atoms with Crippen molar-refractivity contribution in [2.75, 3.05) is 12.0 Å². The average molecular weight is 378 g/mol. The van der Waals surface area contributed by atoms with Gasteiger partial charge in [-0.05, 0) is 31.8 Å². The zero-order valence-electron chi connectivity index (χ0n) is 14.2. The number of aliphatic hydroxyl groups excluding tert-OH is 1. The molecule has 0 aliphatic rings. The number of hydrogen-bond acceptors (Lipinski definition) is 7. The zero-order valence-corrected chi connectivity index (χ0v) is 15.0. The number of aliphatic carboxylic acids is 1. The van der Waals surface area contributed by atoms with Crippen LogP contribution >= 0.6 is 11.8 Å². The molecular formula is C14H26N4O6S. The first-order valence-electron chi connectivity index (χ1n) is 7.64. The third kappa shape index (κ3) is 9.27. The topological polar surface area (TPSA) is 185 Å². The predicted octanol–water partition coefficient (Wildman–Crippen LogP) is -2.23. The highest BCUT2D eigenvalue weighted by atomic mass is 32.2. The number of nitrogens with one attached hydrogen (secondary N) is 2. The molecule has 0 heterocycles. The molecule has 0 aromatic heterocycles. The second-order valence-electron chi connectivity index (χ2n) is 5.51. The largest absolute Gasteiger partial charge is 0.480 e. The van der Waals surface area contributed by atoms with E-state index in [1.54, 1.807) is 0 Å². The van der Waals surface area contributed by atoms with E-state index in [1.165, 1.54) is 18.7 Å². The average Bonchev–Trinajstić information content (AvgIpc) is 2.53. The van der Waals surface area contributed by atoms with Gasteiger partial charge in [0.25, 0.3) is 0 Å². The summed E-state index contributed by atoms with van der Waals surface area (Å²) in [5, 5.41) is 23.2. The van der Waals surface area contributed by atoms with Gasteiger partial charge in [0, 0.05) is 6.42 Å². The monoisotopic (exact) mass is 378 g/mol. The molecule has 144 valence electrons. The molecule has 4 atom stereocenters. The molecule has 0 aromatic carbocycles. The van der Waals surface area contributed by atoms with Crippen LogP contribution in [-0.4, -0.2) is 70.1 Å². The molecule has 0 radical (unpaired) electrons. The molecule has 10 nitrogen and oxygen atoms in total. The summed E-state index contributed by atoms with van der Waals surface area (Å²) in [5.74, 6) is -2.90. The summed E-state index contributed by atoms with van der Waals surface area (Å²) in [6.45, 7) is 1.34. The Morgan fingerprint density at radius 3 is 2.08 bits per heavy atom. The van der Waals surface area contributed by atoms with E-state index in [1.807, 2.05) is 6.26 Å². The van der Waals surface area contributed by atoms with Crippen LogP contribution < -0.4 is 22.1 Å². The number of amides is 3.